The number of nitrogens with two attached hydrogens (primary N) is 1. The Morgan fingerprint density at radius 2 is 2.16 bits per heavy atom. The maximum Gasteiger partial charge on any atom is 0.119 e. The minimum atomic E-state index is 0.0831. The summed E-state index contributed by atoms with van der Waals surface area (Å²) in [5.41, 5.74) is 4.06. The number of nitrogens with one attached hydrogen (secondary N) is 1. The average molecular weight is 406 g/mol. The summed E-state index contributed by atoms with van der Waals surface area (Å²) in [4.78, 5) is 1.18. The predicted octanol–water partition coefficient (Wildman–Crippen LogP) is 4.03. The fraction of sp³-hybridized carbons (Fsp3) is 0.231. The first-order chi connectivity index (χ1) is 9.13. The Morgan fingerprint density at radius 1 is 1.37 bits per heavy atom. The van der Waals surface area contributed by atoms with Crippen molar-refractivity contribution in [2.75, 3.05) is 7.11 Å². The highest BCUT2D eigenvalue weighted by atomic mass is 79.9. The molecule has 0 spiro atoms. The van der Waals surface area contributed by atoms with Crippen LogP contribution in [0.25, 0.3) is 0 Å². The van der Waals surface area contributed by atoms with E-state index in [1.54, 1.807) is 18.4 Å². The van der Waals surface area contributed by atoms with E-state index in [-0.39, 0.29) is 6.04 Å². The van der Waals surface area contributed by atoms with Crippen molar-refractivity contribution in [3.8, 4) is 5.75 Å². The lowest BCUT2D eigenvalue weighted by atomic mass is 10.0. The Bertz CT molecular complexity index is 540. The highest BCUT2D eigenvalue weighted by Crippen LogP contribution is 2.36. The Morgan fingerprint density at radius 3 is 2.74 bits per heavy atom. The Balaban J connectivity index is 2.18. The van der Waals surface area contributed by atoms with Crippen molar-refractivity contribution in [3.63, 3.8) is 0 Å². The van der Waals surface area contributed by atoms with Gasteiger partial charge in [-0.05, 0) is 62.0 Å². The molecule has 0 bridgehead atoms. The van der Waals surface area contributed by atoms with Crippen LogP contribution in [0.4, 0.5) is 0 Å². The number of thiophene rings is 1. The van der Waals surface area contributed by atoms with Gasteiger partial charge in [0.15, 0.2) is 0 Å². The van der Waals surface area contributed by atoms with Gasteiger partial charge in [-0.3, -0.25) is 11.3 Å². The van der Waals surface area contributed by atoms with Gasteiger partial charge in [-0.25, -0.2) is 0 Å². The number of ether oxygens (including phenoxy) is 1. The van der Waals surface area contributed by atoms with E-state index in [1.165, 1.54) is 10.4 Å². The molecule has 2 aromatic rings. The van der Waals surface area contributed by atoms with Crippen LogP contribution in [0.5, 0.6) is 5.75 Å². The average Bonchev–Trinajstić information content (AvgIpc) is 2.76. The normalized spacial score (nSPS) is 12.4. The van der Waals surface area contributed by atoms with Crippen molar-refractivity contribution in [2.45, 2.75) is 12.5 Å². The molecule has 102 valence electrons. The summed E-state index contributed by atoms with van der Waals surface area (Å²) in [5.74, 6) is 6.54. The van der Waals surface area contributed by atoms with Crippen molar-refractivity contribution in [3.05, 3.63) is 49.0 Å². The highest BCUT2D eigenvalue weighted by molar-refractivity contribution is 9.13. The monoisotopic (exact) mass is 404 g/mol. The van der Waals surface area contributed by atoms with Crippen LogP contribution >= 0.6 is 43.2 Å². The molecule has 1 unspecified atom stereocenters. The Kier molecular flexibility index (Phi) is 5.41. The smallest absolute Gasteiger partial charge is 0.119 e. The van der Waals surface area contributed by atoms with E-state index in [0.717, 1.165) is 20.4 Å². The van der Waals surface area contributed by atoms with Gasteiger partial charge in [-0.1, -0.05) is 12.1 Å². The van der Waals surface area contributed by atoms with E-state index < -0.39 is 0 Å². The first kappa shape index (κ1) is 15.0. The summed E-state index contributed by atoms with van der Waals surface area (Å²) < 4.78 is 7.37. The van der Waals surface area contributed by atoms with E-state index in [0.29, 0.717) is 0 Å². The topological polar surface area (TPSA) is 47.3 Å². The second-order valence-electron chi connectivity index (χ2n) is 4.05. The van der Waals surface area contributed by atoms with E-state index in [9.17, 15) is 0 Å². The maximum absolute atomic E-state index is 5.68. The van der Waals surface area contributed by atoms with Gasteiger partial charge < -0.3 is 4.74 Å². The third kappa shape index (κ3) is 3.79. The molecule has 1 atom stereocenters. The second-order valence-corrected chi connectivity index (χ2v) is 7.30. The van der Waals surface area contributed by atoms with Gasteiger partial charge >= 0.3 is 0 Å². The molecule has 2 rings (SSSR count). The molecular weight excluding hydrogens is 392 g/mol. The van der Waals surface area contributed by atoms with Gasteiger partial charge in [-0.15, -0.1) is 11.3 Å². The van der Waals surface area contributed by atoms with Crippen LogP contribution in [-0.2, 0) is 6.42 Å². The van der Waals surface area contributed by atoms with Crippen LogP contribution in [0.2, 0.25) is 0 Å². The largest absolute Gasteiger partial charge is 0.497 e. The van der Waals surface area contributed by atoms with E-state index in [2.05, 4.69) is 49.4 Å². The zero-order valence-corrected chi connectivity index (χ0v) is 14.3. The third-order valence-corrected chi connectivity index (χ3v) is 6.15. The van der Waals surface area contributed by atoms with E-state index >= 15 is 0 Å². The fourth-order valence-corrected chi connectivity index (χ4v) is 3.96. The van der Waals surface area contributed by atoms with Gasteiger partial charge in [0.05, 0.1) is 16.9 Å². The molecule has 19 heavy (non-hydrogen) atoms. The maximum atomic E-state index is 5.68. The van der Waals surface area contributed by atoms with E-state index in [1.807, 2.05) is 18.2 Å². The molecule has 0 fully saturated rings. The van der Waals surface area contributed by atoms with Gasteiger partial charge in [0.1, 0.15) is 5.75 Å². The minimum absolute atomic E-state index is 0.0831. The Labute approximate surface area is 133 Å². The van der Waals surface area contributed by atoms with Gasteiger partial charge in [0, 0.05) is 9.35 Å². The van der Waals surface area contributed by atoms with Crippen LogP contribution in [0.1, 0.15) is 16.5 Å². The number of hydrogen-bond acceptors (Lipinski definition) is 4. The molecule has 3 N–H and O–H groups in total. The standard InChI is InChI=1S/C13H14Br2N2OS/c1-18-9-4-2-3-8(5-9)6-11(17-16)12-7-10(14)13(15)19-12/h2-5,7,11,17H,6,16H2,1H3. The van der Waals surface area contributed by atoms with Crippen LogP contribution < -0.4 is 16.0 Å². The van der Waals surface area contributed by atoms with Crippen LogP contribution in [-0.4, -0.2) is 7.11 Å². The summed E-state index contributed by atoms with van der Waals surface area (Å²) in [7, 11) is 1.67. The summed E-state index contributed by atoms with van der Waals surface area (Å²) in [6, 6.07) is 10.2. The van der Waals surface area contributed by atoms with Crippen molar-refractivity contribution in [1.29, 1.82) is 0 Å². The van der Waals surface area contributed by atoms with Gasteiger partial charge in [0.2, 0.25) is 0 Å². The molecule has 0 saturated heterocycles. The summed E-state index contributed by atoms with van der Waals surface area (Å²) >= 11 is 8.67. The van der Waals surface area contributed by atoms with Gasteiger partial charge in [0.25, 0.3) is 0 Å². The minimum Gasteiger partial charge on any atom is -0.497 e. The van der Waals surface area contributed by atoms with Crippen LogP contribution in [0.3, 0.4) is 0 Å². The molecule has 0 radical (unpaired) electrons. The zero-order chi connectivity index (χ0) is 13.8. The second kappa shape index (κ2) is 6.85. The summed E-state index contributed by atoms with van der Waals surface area (Å²) in [5, 5.41) is 0. The third-order valence-electron chi connectivity index (χ3n) is 2.78. The molecule has 0 aliphatic heterocycles. The van der Waals surface area contributed by atoms with E-state index in [4.69, 9.17) is 10.6 Å². The van der Waals surface area contributed by atoms with Gasteiger partial charge in [-0.2, -0.15) is 0 Å². The molecule has 0 saturated carbocycles. The molecule has 0 amide bonds. The van der Waals surface area contributed by atoms with Crippen LogP contribution in [0.15, 0.2) is 38.6 Å². The number of benzene rings is 1. The first-order valence-electron chi connectivity index (χ1n) is 5.68. The lowest BCUT2D eigenvalue weighted by molar-refractivity contribution is 0.414. The van der Waals surface area contributed by atoms with Crippen molar-refractivity contribution in [2.24, 2.45) is 5.84 Å². The SMILES string of the molecule is COc1cccc(CC(NN)c2cc(Br)c(Br)s2)c1. The fourth-order valence-electron chi connectivity index (χ4n) is 1.81. The number of methoxy groups -OCH3 is 1. The number of hydrazine groups is 1. The molecule has 1 aromatic heterocycles. The zero-order valence-electron chi connectivity index (χ0n) is 10.3. The summed E-state index contributed by atoms with van der Waals surface area (Å²) in [6.07, 6.45) is 0.813. The molecular formula is C13H14Br2N2OS. The molecule has 0 aliphatic carbocycles. The lowest BCUT2D eigenvalue weighted by Crippen LogP contribution is -2.28. The predicted molar refractivity (Wildman–Crippen MR) is 86.5 cm³/mol. The van der Waals surface area contributed by atoms with Crippen molar-refractivity contribution < 1.29 is 4.74 Å². The number of rotatable bonds is 5. The molecule has 1 heterocycles. The first-order valence-corrected chi connectivity index (χ1v) is 8.08. The van der Waals surface area contributed by atoms with Crippen molar-refractivity contribution >= 4 is 43.2 Å². The number of halogens is 2. The summed E-state index contributed by atoms with van der Waals surface area (Å²) in [6.45, 7) is 0. The molecule has 0 aliphatic rings. The lowest BCUT2D eigenvalue weighted by Gasteiger charge is -2.14. The quantitative estimate of drug-likeness (QED) is 0.583. The molecule has 3 nitrogen and oxygen atoms in total. The molecule has 1 aromatic carbocycles. The Hall–Kier alpha value is -0.400. The molecule has 6 heteroatoms. The van der Waals surface area contributed by atoms with Crippen molar-refractivity contribution in [1.82, 2.24) is 5.43 Å². The highest BCUT2D eigenvalue weighted by Gasteiger charge is 2.15. The number of hydrogen-bond donors (Lipinski definition) is 2. The van der Waals surface area contributed by atoms with Crippen LogP contribution in [0, 0.1) is 0 Å².